The van der Waals surface area contributed by atoms with E-state index in [1.807, 2.05) is 30.4 Å². The van der Waals surface area contributed by atoms with Gasteiger partial charge in [0.05, 0.1) is 11.1 Å². The van der Waals surface area contributed by atoms with Gasteiger partial charge in [0.15, 0.2) is 5.78 Å². The Hall–Kier alpha value is -1.99. The predicted molar refractivity (Wildman–Crippen MR) is 130 cm³/mol. The Morgan fingerprint density at radius 1 is 1.28 bits per heavy atom. The Labute approximate surface area is 198 Å². The minimum atomic E-state index is -0.775. The van der Waals surface area contributed by atoms with Crippen molar-refractivity contribution >= 4 is 44.8 Å². The monoisotopic (exact) mass is 478 g/mol. The van der Waals surface area contributed by atoms with Crippen LogP contribution in [0.1, 0.15) is 49.8 Å². The molecule has 1 aliphatic carbocycles. The normalized spacial score (nSPS) is 19.2. The van der Waals surface area contributed by atoms with Gasteiger partial charge in [0.25, 0.3) is 0 Å². The smallest absolute Gasteiger partial charge is 0.303 e. The van der Waals surface area contributed by atoms with E-state index in [0.29, 0.717) is 25.7 Å². The summed E-state index contributed by atoms with van der Waals surface area (Å²) in [5.41, 5.74) is 0. The highest BCUT2D eigenvalue weighted by Gasteiger charge is 2.31. The second-order valence-electron chi connectivity index (χ2n) is 7.86. The molecule has 32 heavy (non-hydrogen) atoms. The summed E-state index contributed by atoms with van der Waals surface area (Å²) >= 11 is 7.99. The molecule has 0 radical (unpaired) electrons. The number of carbonyl (C=O) groups excluding carboxylic acids is 1. The van der Waals surface area contributed by atoms with E-state index in [4.69, 9.17) is 16.7 Å². The largest absolute Gasteiger partial charge is 0.481 e. The Morgan fingerprint density at radius 2 is 2.03 bits per heavy atom. The fourth-order valence-corrected chi connectivity index (χ4v) is 5.06. The quantitative estimate of drug-likeness (QED) is 0.307. The van der Waals surface area contributed by atoms with E-state index in [2.05, 4.69) is 12.6 Å². The van der Waals surface area contributed by atoms with Crippen LogP contribution in [0.2, 0.25) is 5.02 Å². The predicted octanol–water partition coefficient (Wildman–Crippen LogP) is 5.56. The number of fused-ring (bicyclic) bond motifs is 1. The molecule has 1 fully saturated rings. The third-order valence-electron chi connectivity index (χ3n) is 5.41. The van der Waals surface area contributed by atoms with Crippen LogP contribution >= 0.6 is 22.9 Å². The number of aliphatic hydroxyl groups is 2. The van der Waals surface area contributed by atoms with Gasteiger partial charge in [-0.2, -0.15) is 0 Å². The highest BCUT2D eigenvalue weighted by molar-refractivity contribution is 7.19. The molecule has 0 amide bonds. The standard InChI is InChI=1S/C13H13ClOS.C12H18O4/c1-2-9(15)7-8-12-13(14)10-5-3-4-6-11(10)16-12;13-10-8-7-9(12(10)16)5-3-1-2-4-6-11(14)15/h2-6,9,15H,1,7-8H2;1,3,9-10,13H,2,4-8H2,(H,14,15)/b;3-1-/t;9-,10?/m.1/s1. The van der Waals surface area contributed by atoms with E-state index < -0.39 is 18.2 Å². The third kappa shape index (κ3) is 8.17. The van der Waals surface area contributed by atoms with E-state index >= 15 is 0 Å². The molecule has 3 N–H and O–H groups in total. The van der Waals surface area contributed by atoms with E-state index in [1.165, 1.54) is 4.70 Å². The second kappa shape index (κ2) is 13.5. The van der Waals surface area contributed by atoms with Crippen LogP contribution in [0.5, 0.6) is 0 Å². The number of hydrogen-bond donors (Lipinski definition) is 3. The van der Waals surface area contributed by atoms with Crippen molar-refractivity contribution in [2.24, 2.45) is 5.92 Å². The van der Waals surface area contributed by atoms with Gasteiger partial charge in [-0.15, -0.1) is 17.9 Å². The Morgan fingerprint density at radius 3 is 2.66 bits per heavy atom. The summed E-state index contributed by atoms with van der Waals surface area (Å²) in [5.74, 6) is -0.858. The van der Waals surface area contributed by atoms with Gasteiger partial charge in [-0.1, -0.05) is 48.0 Å². The maximum absolute atomic E-state index is 11.4. The molecule has 1 saturated carbocycles. The third-order valence-corrected chi connectivity index (χ3v) is 7.18. The number of carboxylic acids is 1. The van der Waals surface area contributed by atoms with Crippen molar-refractivity contribution < 1.29 is 24.9 Å². The fourth-order valence-electron chi connectivity index (χ4n) is 3.52. The van der Waals surface area contributed by atoms with Crippen molar-refractivity contribution in [1.29, 1.82) is 0 Å². The Balaban J connectivity index is 0.000000227. The van der Waals surface area contributed by atoms with Crippen LogP contribution in [-0.4, -0.2) is 39.3 Å². The number of aryl methyl sites for hydroxylation is 1. The molecule has 7 heteroatoms. The number of rotatable bonds is 10. The van der Waals surface area contributed by atoms with Gasteiger partial charge in [-0.3, -0.25) is 9.59 Å². The van der Waals surface area contributed by atoms with Gasteiger partial charge in [0, 0.05) is 27.3 Å². The average Bonchev–Trinajstić information content (AvgIpc) is 3.28. The number of aliphatic hydroxyl groups excluding tert-OH is 2. The lowest BCUT2D eigenvalue weighted by Crippen LogP contribution is -2.17. The molecular weight excluding hydrogens is 448 g/mol. The topological polar surface area (TPSA) is 94.8 Å². The van der Waals surface area contributed by atoms with Crippen molar-refractivity contribution in [3.8, 4) is 0 Å². The maximum Gasteiger partial charge on any atom is 0.303 e. The zero-order valence-corrected chi connectivity index (χ0v) is 19.7. The number of carbonyl (C=O) groups is 2. The molecule has 5 nitrogen and oxygen atoms in total. The molecule has 1 aromatic heterocycles. The van der Waals surface area contributed by atoms with Crippen LogP contribution < -0.4 is 0 Å². The van der Waals surface area contributed by atoms with E-state index in [9.17, 15) is 19.8 Å². The number of unbranched alkanes of at least 4 members (excludes halogenated alkanes) is 1. The van der Waals surface area contributed by atoms with E-state index in [0.717, 1.165) is 34.5 Å². The summed E-state index contributed by atoms with van der Waals surface area (Å²) in [6, 6.07) is 8.10. The summed E-state index contributed by atoms with van der Waals surface area (Å²) in [6.45, 7) is 3.56. The summed E-state index contributed by atoms with van der Waals surface area (Å²) in [5, 5.41) is 29.0. The number of thiophene rings is 1. The van der Waals surface area contributed by atoms with Crippen LogP contribution in [0.4, 0.5) is 0 Å². The molecule has 1 heterocycles. The second-order valence-corrected chi connectivity index (χ2v) is 9.38. The van der Waals surface area contributed by atoms with Crippen LogP contribution in [0.3, 0.4) is 0 Å². The minimum absolute atomic E-state index is 0.0364. The Kier molecular flexibility index (Phi) is 11.1. The average molecular weight is 479 g/mol. The van der Waals surface area contributed by atoms with Crippen molar-refractivity contribution in [1.82, 2.24) is 0 Å². The SMILES string of the molecule is C=CC(O)CCc1sc2ccccc2c1Cl.O=C(O)CCC/C=C\C[C@@H]1CCC(O)C1=O. The molecule has 0 aliphatic heterocycles. The minimum Gasteiger partial charge on any atom is -0.481 e. The molecule has 2 aromatic rings. The van der Waals surface area contributed by atoms with Crippen molar-refractivity contribution in [2.45, 2.75) is 63.6 Å². The zero-order valence-electron chi connectivity index (χ0n) is 18.1. The van der Waals surface area contributed by atoms with Crippen LogP contribution in [0.25, 0.3) is 10.1 Å². The summed E-state index contributed by atoms with van der Waals surface area (Å²) < 4.78 is 1.20. The summed E-state index contributed by atoms with van der Waals surface area (Å²) in [7, 11) is 0. The molecule has 0 spiro atoms. The van der Waals surface area contributed by atoms with E-state index in [-0.39, 0.29) is 18.1 Å². The molecule has 2 unspecified atom stereocenters. The van der Waals surface area contributed by atoms with Gasteiger partial charge < -0.3 is 15.3 Å². The molecule has 3 atom stereocenters. The van der Waals surface area contributed by atoms with Gasteiger partial charge in [0.1, 0.15) is 6.10 Å². The number of allylic oxidation sites excluding steroid dienone is 2. The first-order valence-electron chi connectivity index (χ1n) is 10.9. The van der Waals surface area contributed by atoms with Crippen molar-refractivity contribution in [2.75, 3.05) is 0 Å². The van der Waals surface area contributed by atoms with Gasteiger partial charge in [-0.05, 0) is 51.0 Å². The molecule has 0 bridgehead atoms. The molecule has 0 saturated heterocycles. The molecule has 174 valence electrons. The van der Waals surface area contributed by atoms with Crippen LogP contribution in [0.15, 0.2) is 49.1 Å². The van der Waals surface area contributed by atoms with Crippen molar-refractivity contribution in [3.63, 3.8) is 0 Å². The number of aliphatic carboxylic acids is 1. The lowest BCUT2D eigenvalue weighted by Gasteiger charge is -2.03. The number of halogens is 1. The number of carboxylic acid groups (broad SMARTS) is 1. The highest BCUT2D eigenvalue weighted by atomic mass is 35.5. The van der Waals surface area contributed by atoms with E-state index in [1.54, 1.807) is 17.4 Å². The highest BCUT2D eigenvalue weighted by Crippen LogP contribution is 2.36. The molecule has 1 aliphatic rings. The number of ketones is 1. The Bertz CT molecular complexity index is 936. The van der Waals surface area contributed by atoms with Crippen LogP contribution in [0, 0.1) is 5.92 Å². The lowest BCUT2D eigenvalue weighted by molar-refractivity contribution is -0.137. The first-order valence-corrected chi connectivity index (χ1v) is 12.1. The fraction of sp³-hybridized carbons (Fsp3) is 0.440. The van der Waals surface area contributed by atoms with Gasteiger partial charge in [0.2, 0.25) is 0 Å². The molecular formula is C25H31ClO5S. The maximum atomic E-state index is 11.4. The van der Waals surface area contributed by atoms with Crippen molar-refractivity contribution in [3.05, 3.63) is 59.0 Å². The first kappa shape index (κ1) is 26.3. The van der Waals surface area contributed by atoms with Gasteiger partial charge >= 0.3 is 5.97 Å². The summed E-state index contributed by atoms with van der Waals surface area (Å²) in [6.07, 6.45) is 9.23. The number of Topliss-reactive ketones (excluding diaryl/α,β-unsaturated/α-hetero) is 1. The number of benzene rings is 1. The molecule has 3 rings (SSSR count). The summed E-state index contributed by atoms with van der Waals surface area (Å²) in [4.78, 5) is 22.7. The first-order chi connectivity index (χ1) is 15.3. The number of hydrogen-bond acceptors (Lipinski definition) is 5. The lowest BCUT2D eigenvalue weighted by atomic mass is 10.0. The van der Waals surface area contributed by atoms with Gasteiger partial charge in [-0.25, -0.2) is 0 Å². The molecule has 1 aromatic carbocycles. The zero-order chi connectivity index (χ0) is 23.5. The van der Waals surface area contributed by atoms with Crippen LogP contribution in [-0.2, 0) is 16.0 Å².